The largest absolute Gasteiger partial charge is 0.257 e. The Kier molecular flexibility index (Phi) is 2.33. The third kappa shape index (κ3) is 1.51. The minimum atomic E-state index is 1.09. The fraction of sp³-hybridized carbons (Fsp3) is 0.375. The SMILES string of the molecule is CSc1ccc(C)nc1C. The lowest BCUT2D eigenvalue weighted by Gasteiger charge is -2.00. The fourth-order valence-corrected chi connectivity index (χ4v) is 1.43. The first-order valence-electron chi connectivity index (χ1n) is 3.22. The Bertz CT molecular complexity index is 233. The van der Waals surface area contributed by atoms with E-state index in [4.69, 9.17) is 0 Å². The second-order valence-electron chi connectivity index (χ2n) is 2.24. The Morgan fingerprint density at radius 2 is 2.00 bits per heavy atom. The van der Waals surface area contributed by atoms with E-state index in [0.717, 1.165) is 11.4 Å². The van der Waals surface area contributed by atoms with Gasteiger partial charge in [-0.3, -0.25) is 4.98 Å². The van der Waals surface area contributed by atoms with Crippen molar-refractivity contribution in [2.75, 3.05) is 6.26 Å². The molecule has 10 heavy (non-hydrogen) atoms. The van der Waals surface area contributed by atoms with Gasteiger partial charge in [-0.2, -0.15) is 0 Å². The molecule has 0 N–H and O–H groups in total. The van der Waals surface area contributed by atoms with Crippen molar-refractivity contribution in [2.45, 2.75) is 18.7 Å². The summed E-state index contributed by atoms with van der Waals surface area (Å²) in [6.45, 7) is 4.05. The fourth-order valence-electron chi connectivity index (χ4n) is 0.890. The van der Waals surface area contributed by atoms with Crippen molar-refractivity contribution in [1.29, 1.82) is 0 Å². The van der Waals surface area contributed by atoms with Crippen molar-refractivity contribution in [2.24, 2.45) is 0 Å². The highest BCUT2D eigenvalue weighted by molar-refractivity contribution is 7.98. The van der Waals surface area contributed by atoms with Crippen molar-refractivity contribution >= 4 is 11.8 Å². The van der Waals surface area contributed by atoms with Crippen molar-refractivity contribution < 1.29 is 0 Å². The van der Waals surface area contributed by atoms with Gasteiger partial charge in [-0.15, -0.1) is 11.8 Å². The van der Waals surface area contributed by atoms with E-state index in [-0.39, 0.29) is 0 Å². The molecule has 1 rings (SSSR count). The maximum Gasteiger partial charge on any atom is 0.0511 e. The molecular formula is C8H11NS. The Morgan fingerprint density at radius 1 is 1.30 bits per heavy atom. The molecule has 1 nitrogen and oxygen atoms in total. The van der Waals surface area contributed by atoms with Crippen LogP contribution in [0.1, 0.15) is 11.4 Å². The first kappa shape index (κ1) is 7.61. The van der Waals surface area contributed by atoms with Gasteiger partial charge in [0.05, 0.1) is 5.69 Å². The lowest BCUT2D eigenvalue weighted by atomic mass is 10.3. The topological polar surface area (TPSA) is 12.9 Å². The molecule has 0 saturated carbocycles. The molecule has 0 aliphatic carbocycles. The van der Waals surface area contributed by atoms with E-state index < -0.39 is 0 Å². The van der Waals surface area contributed by atoms with E-state index >= 15 is 0 Å². The summed E-state index contributed by atoms with van der Waals surface area (Å²) in [6.07, 6.45) is 2.07. The monoisotopic (exact) mass is 153 g/mol. The van der Waals surface area contributed by atoms with Crippen LogP contribution in [0.15, 0.2) is 17.0 Å². The third-order valence-corrected chi connectivity index (χ3v) is 2.27. The predicted molar refractivity (Wildman–Crippen MR) is 45.5 cm³/mol. The summed E-state index contributed by atoms with van der Waals surface area (Å²) in [5.74, 6) is 0. The number of nitrogens with zero attached hydrogens (tertiary/aromatic N) is 1. The number of aromatic nitrogens is 1. The highest BCUT2D eigenvalue weighted by Crippen LogP contribution is 2.17. The smallest absolute Gasteiger partial charge is 0.0511 e. The molecule has 0 amide bonds. The zero-order valence-electron chi connectivity index (χ0n) is 6.51. The van der Waals surface area contributed by atoms with E-state index in [2.05, 4.69) is 17.3 Å². The maximum absolute atomic E-state index is 4.32. The Labute approximate surface area is 65.9 Å². The van der Waals surface area contributed by atoms with Crippen LogP contribution in [-0.4, -0.2) is 11.2 Å². The summed E-state index contributed by atoms with van der Waals surface area (Å²) < 4.78 is 0. The molecular weight excluding hydrogens is 142 g/mol. The zero-order chi connectivity index (χ0) is 7.56. The zero-order valence-corrected chi connectivity index (χ0v) is 7.33. The molecule has 2 heteroatoms. The molecule has 0 aromatic carbocycles. The quantitative estimate of drug-likeness (QED) is 0.575. The maximum atomic E-state index is 4.32. The Hall–Kier alpha value is -0.500. The predicted octanol–water partition coefficient (Wildman–Crippen LogP) is 2.42. The first-order valence-corrected chi connectivity index (χ1v) is 4.45. The molecule has 0 atom stereocenters. The standard InChI is InChI=1S/C8H11NS/c1-6-4-5-8(10-3)7(2)9-6/h4-5H,1-3H3. The number of hydrogen-bond acceptors (Lipinski definition) is 2. The van der Waals surface area contributed by atoms with Gasteiger partial charge in [0.2, 0.25) is 0 Å². The molecule has 0 aliphatic rings. The molecule has 0 saturated heterocycles. The van der Waals surface area contributed by atoms with Gasteiger partial charge in [-0.25, -0.2) is 0 Å². The van der Waals surface area contributed by atoms with Gasteiger partial charge in [-0.1, -0.05) is 0 Å². The average molecular weight is 153 g/mol. The minimum Gasteiger partial charge on any atom is -0.257 e. The third-order valence-electron chi connectivity index (χ3n) is 1.40. The summed E-state index contributed by atoms with van der Waals surface area (Å²) in [6, 6.07) is 4.15. The second kappa shape index (κ2) is 3.06. The molecule has 0 unspecified atom stereocenters. The van der Waals surface area contributed by atoms with Gasteiger partial charge >= 0.3 is 0 Å². The molecule has 0 fully saturated rings. The van der Waals surface area contributed by atoms with Crippen LogP contribution in [0.3, 0.4) is 0 Å². The van der Waals surface area contributed by atoms with Crippen molar-refractivity contribution in [3.8, 4) is 0 Å². The van der Waals surface area contributed by atoms with Crippen LogP contribution in [0.25, 0.3) is 0 Å². The average Bonchev–Trinajstić information content (AvgIpc) is 1.88. The summed E-state index contributed by atoms with van der Waals surface area (Å²) in [4.78, 5) is 5.59. The van der Waals surface area contributed by atoms with Crippen LogP contribution in [0.2, 0.25) is 0 Å². The number of rotatable bonds is 1. The molecule has 0 spiro atoms. The number of hydrogen-bond donors (Lipinski definition) is 0. The number of thioether (sulfide) groups is 1. The van der Waals surface area contributed by atoms with E-state index in [9.17, 15) is 0 Å². The molecule has 1 aromatic rings. The first-order chi connectivity index (χ1) is 4.74. The molecule has 1 heterocycles. The number of aryl methyl sites for hydroxylation is 2. The normalized spacial score (nSPS) is 9.90. The lowest BCUT2D eigenvalue weighted by molar-refractivity contribution is 1.06. The van der Waals surface area contributed by atoms with Gasteiger partial charge in [0.15, 0.2) is 0 Å². The molecule has 0 bridgehead atoms. The van der Waals surface area contributed by atoms with Crippen LogP contribution in [0.4, 0.5) is 0 Å². The highest BCUT2D eigenvalue weighted by Gasteiger charge is 1.95. The summed E-state index contributed by atoms with van der Waals surface area (Å²) in [5, 5.41) is 0. The van der Waals surface area contributed by atoms with Gasteiger partial charge in [0.1, 0.15) is 0 Å². The van der Waals surface area contributed by atoms with Gasteiger partial charge in [-0.05, 0) is 32.2 Å². The second-order valence-corrected chi connectivity index (χ2v) is 3.09. The highest BCUT2D eigenvalue weighted by atomic mass is 32.2. The lowest BCUT2D eigenvalue weighted by Crippen LogP contribution is -1.86. The molecule has 54 valence electrons. The van der Waals surface area contributed by atoms with E-state index in [1.54, 1.807) is 11.8 Å². The Balaban J connectivity index is 3.07. The summed E-state index contributed by atoms with van der Waals surface area (Å²) in [5.41, 5.74) is 2.22. The number of pyridine rings is 1. The summed E-state index contributed by atoms with van der Waals surface area (Å²) in [7, 11) is 0. The van der Waals surface area contributed by atoms with E-state index in [0.29, 0.717) is 0 Å². The summed E-state index contributed by atoms with van der Waals surface area (Å²) >= 11 is 1.74. The van der Waals surface area contributed by atoms with Crippen LogP contribution < -0.4 is 0 Å². The van der Waals surface area contributed by atoms with Crippen molar-refractivity contribution in [3.63, 3.8) is 0 Å². The molecule has 0 aliphatic heterocycles. The van der Waals surface area contributed by atoms with Gasteiger partial charge in [0, 0.05) is 10.6 Å². The van der Waals surface area contributed by atoms with Gasteiger partial charge < -0.3 is 0 Å². The van der Waals surface area contributed by atoms with Crippen molar-refractivity contribution in [1.82, 2.24) is 4.98 Å². The van der Waals surface area contributed by atoms with Gasteiger partial charge in [0.25, 0.3) is 0 Å². The van der Waals surface area contributed by atoms with Crippen LogP contribution in [-0.2, 0) is 0 Å². The van der Waals surface area contributed by atoms with Crippen LogP contribution >= 0.6 is 11.8 Å². The minimum absolute atomic E-state index is 1.09. The van der Waals surface area contributed by atoms with E-state index in [1.807, 2.05) is 19.9 Å². The van der Waals surface area contributed by atoms with E-state index in [1.165, 1.54) is 4.90 Å². The molecule has 1 aromatic heterocycles. The molecule has 0 radical (unpaired) electrons. The Morgan fingerprint density at radius 3 is 2.50 bits per heavy atom. The van der Waals surface area contributed by atoms with Crippen LogP contribution in [0.5, 0.6) is 0 Å². The van der Waals surface area contributed by atoms with Crippen LogP contribution in [0, 0.1) is 13.8 Å². The van der Waals surface area contributed by atoms with Crippen molar-refractivity contribution in [3.05, 3.63) is 23.5 Å².